The van der Waals surface area contributed by atoms with E-state index in [-0.39, 0.29) is 5.92 Å². The van der Waals surface area contributed by atoms with Crippen LogP contribution in [0.15, 0.2) is 30.3 Å². The fourth-order valence-electron chi connectivity index (χ4n) is 3.34. The Morgan fingerprint density at radius 1 is 1.22 bits per heavy atom. The third-order valence-electron chi connectivity index (χ3n) is 4.16. The summed E-state index contributed by atoms with van der Waals surface area (Å²) in [6, 6.07) is 10.4. The molecule has 1 nitrogen and oxygen atoms in total. The largest absolute Gasteiger partial charge is 0.299 e. The molecule has 3 atom stereocenters. The van der Waals surface area contributed by atoms with Crippen LogP contribution in [0.1, 0.15) is 57.4 Å². The Morgan fingerprint density at radius 2 is 1.94 bits per heavy atom. The van der Waals surface area contributed by atoms with Crippen LogP contribution in [-0.4, -0.2) is 5.78 Å². The summed E-state index contributed by atoms with van der Waals surface area (Å²) >= 11 is 0. The van der Waals surface area contributed by atoms with Crippen LogP contribution in [-0.2, 0) is 4.79 Å². The van der Waals surface area contributed by atoms with Gasteiger partial charge in [-0.1, -0.05) is 57.0 Å². The van der Waals surface area contributed by atoms with E-state index in [9.17, 15) is 4.79 Å². The van der Waals surface area contributed by atoms with Gasteiger partial charge < -0.3 is 0 Å². The molecule has 1 saturated carbocycles. The summed E-state index contributed by atoms with van der Waals surface area (Å²) in [6.45, 7) is 4.45. The first kappa shape index (κ1) is 13.3. The highest BCUT2D eigenvalue weighted by atomic mass is 16.1. The molecular formula is C17H24O. The highest BCUT2D eigenvalue weighted by molar-refractivity contribution is 5.87. The van der Waals surface area contributed by atoms with Gasteiger partial charge in [-0.05, 0) is 30.2 Å². The van der Waals surface area contributed by atoms with Gasteiger partial charge in [0.2, 0.25) is 0 Å². The zero-order valence-corrected chi connectivity index (χ0v) is 11.6. The molecule has 1 unspecified atom stereocenters. The Bertz CT molecular complexity index is 382. The van der Waals surface area contributed by atoms with Gasteiger partial charge in [0.15, 0.2) is 0 Å². The molecule has 98 valence electrons. The average molecular weight is 244 g/mol. The number of hydrogen-bond donors (Lipinski definition) is 0. The average Bonchev–Trinajstić information content (AvgIpc) is 2.36. The van der Waals surface area contributed by atoms with E-state index in [1.165, 1.54) is 31.2 Å². The fourth-order valence-corrected chi connectivity index (χ4v) is 3.34. The number of ketones is 1. The molecule has 1 aromatic rings. The first-order valence-corrected chi connectivity index (χ1v) is 7.30. The summed E-state index contributed by atoms with van der Waals surface area (Å²) in [5, 5.41) is 0. The SMILES string of the molecule is CCCC[C@@H]1CC(C)CC(=O)[C@H]1c1ccccc1. The molecule has 0 radical (unpaired) electrons. The van der Waals surface area contributed by atoms with E-state index in [1.807, 2.05) is 6.07 Å². The van der Waals surface area contributed by atoms with E-state index in [0.717, 1.165) is 6.42 Å². The lowest BCUT2D eigenvalue weighted by molar-refractivity contribution is -0.124. The summed E-state index contributed by atoms with van der Waals surface area (Å²) in [7, 11) is 0. The molecule has 1 aliphatic carbocycles. The van der Waals surface area contributed by atoms with E-state index < -0.39 is 0 Å². The van der Waals surface area contributed by atoms with Crippen LogP contribution in [0.5, 0.6) is 0 Å². The first-order valence-electron chi connectivity index (χ1n) is 7.30. The van der Waals surface area contributed by atoms with Crippen molar-refractivity contribution in [1.82, 2.24) is 0 Å². The Hall–Kier alpha value is -1.11. The standard InChI is InChI=1S/C17H24O/c1-3-4-8-15-11-13(2)12-16(18)17(15)14-9-6-5-7-10-14/h5-7,9-10,13,15,17H,3-4,8,11-12H2,1-2H3/t13?,15-,17+/m1/s1. The number of unbranched alkanes of at least 4 members (excludes halogenated alkanes) is 1. The Kier molecular flexibility index (Phi) is 4.57. The van der Waals surface area contributed by atoms with Gasteiger partial charge in [-0.25, -0.2) is 0 Å². The normalized spacial score (nSPS) is 28.3. The van der Waals surface area contributed by atoms with Crippen molar-refractivity contribution in [3.05, 3.63) is 35.9 Å². The van der Waals surface area contributed by atoms with E-state index in [1.54, 1.807) is 0 Å². The maximum atomic E-state index is 12.4. The minimum absolute atomic E-state index is 0.161. The highest BCUT2D eigenvalue weighted by Gasteiger charge is 2.35. The summed E-state index contributed by atoms with van der Waals surface area (Å²) in [5.41, 5.74) is 1.23. The number of hydrogen-bond acceptors (Lipinski definition) is 1. The zero-order chi connectivity index (χ0) is 13.0. The number of carbonyl (C=O) groups is 1. The zero-order valence-electron chi connectivity index (χ0n) is 11.6. The van der Waals surface area contributed by atoms with Gasteiger partial charge in [-0.3, -0.25) is 4.79 Å². The molecule has 0 amide bonds. The molecule has 1 aliphatic rings. The van der Waals surface area contributed by atoms with Crippen LogP contribution in [0.25, 0.3) is 0 Å². The van der Waals surface area contributed by atoms with Gasteiger partial charge in [-0.15, -0.1) is 0 Å². The smallest absolute Gasteiger partial charge is 0.140 e. The van der Waals surface area contributed by atoms with E-state index >= 15 is 0 Å². The molecule has 1 fully saturated rings. The summed E-state index contributed by atoms with van der Waals surface area (Å²) in [4.78, 5) is 12.4. The van der Waals surface area contributed by atoms with Crippen LogP contribution in [0.4, 0.5) is 0 Å². The number of rotatable bonds is 4. The maximum Gasteiger partial charge on any atom is 0.140 e. The minimum Gasteiger partial charge on any atom is -0.299 e. The Labute approximate surface area is 111 Å². The monoisotopic (exact) mass is 244 g/mol. The van der Waals surface area contributed by atoms with Crippen LogP contribution in [0.2, 0.25) is 0 Å². The van der Waals surface area contributed by atoms with Gasteiger partial charge in [0.05, 0.1) is 0 Å². The number of Topliss-reactive ketones (excluding diaryl/α,β-unsaturated/α-hetero) is 1. The molecule has 0 bridgehead atoms. The molecule has 0 aliphatic heterocycles. The Balaban J connectivity index is 2.19. The predicted octanol–water partition coefficient (Wildman–Crippen LogP) is 4.58. The molecular weight excluding hydrogens is 220 g/mol. The van der Waals surface area contributed by atoms with Gasteiger partial charge in [-0.2, -0.15) is 0 Å². The topological polar surface area (TPSA) is 17.1 Å². The predicted molar refractivity (Wildman–Crippen MR) is 75.6 cm³/mol. The minimum atomic E-state index is 0.161. The lowest BCUT2D eigenvalue weighted by Gasteiger charge is -2.34. The van der Waals surface area contributed by atoms with Gasteiger partial charge in [0.1, 0.15) is 5.78 Å². The molecule has 0 saturated heterocycles. The molecule has 0 aromatic heterocycles. The van der Waals surface area contributed by atoms with Gasteiger partial charge >= 0.3 is 0 Å². The van der Waals surface area contributed by atoms with Crippen LogP contribution in [0.3, 0.4) is 0 Å². The second kappa shape index (κ2) is 6.17. The summed E-state index contributed by atoms with van der Waals surface area (Å²) in [6.07, 6.45) is 5.65. The summed E-state index contributed by atoms with van der Waals surface area (Å²) < 4.78 is 0. The summed E-state index contributed by atoms with van der Waals surface area (Å²) in [5.74, 6) is 1.75. The molecule has 0 heterocycles. The molecule has 2 rings (SSSR count). The van der Waals surface area contributed by atoms with Crippen LogP contribution < -0.4 is 0 Å². The van der Waals surface area contributed by atoms with E-state index in [2.05, 4.69) is 38.1 Å². The quantitative estimate of drug-likeness (QED) is 0.758. The van der Waals surface area contributed by atoms with Crippen molar-refractivity contribution < 1.29 is 4.79 Å². The first-order chi connectivity index (χ1) is 8.72. The lowest BCUT2D eigenvalue weighted by Crippen LogP contribution is -2.30. The van der Waals surface area contributed by atoms with Crippen molar-refractivity contribution >= 4 is 5.78 Å². The maximum absolute atomic E-state index is 12.4. The van der Waals surface area contributed by atoms with Crippen LogP contribution >= 0.6 is 0 Å². The number of benzene rings is 1. The molecule has 1 aromatic carbocycles. The molecule has 0 spiro atoms. The molecule has 18 heavy (non-hydrogen) atoms. The van der Waals surface area contributed by atoms with Crippen molar-refractivity contribution in [3.63, 3.8) is 0 Å². The van der Waals surface area contributed by atoms with Crippen molar-refractivity contribution in [2.24, 2.45) is 11.8 Å². The van der Waals surface area contributed by atoms with Gasteiger partial charge in [0.25, 0.3) is 0 Å². The number of carbonyl (C=O) groups excluding carboxylic acids is 1. The van der Waals surface area contributed by atoms with E-state index in [4.69, 9.17) is 0 Å². The van der Waals surface area contributed by atoms with Crippen molar-refractivity contribution in [1.29, 1.82) is 0 Å². The fraction of sp³-hybridized carbons (Fsp3) is 0.588. The van der Waals surface area contributed by atoms with Crippen molar-refractivity contribution in [3.8, 4) is 0 Å². The highest BCUT2D eigenvalue weighted by Crippen LogP contribution is 2.40. The third-order valence-corrected chi connectivity index (χ3v) is 4.16. The molecule has 0 N–H and O–H groups in total. The third kappa shape index (κ3) is 3.01. The van der Waals surface area contributed by atoms with Crippen LogP contribution in [0, 0.1) is 11.8 Å². The van der Waals surface area contributed by atoms with Crippen molar-refractivity contribution in [2.75, 3.05) is 0 Å². The lowest BCUT2D eigenvalue weighted by atomic mass is 9.69. The van der Waals surface area contributed by atoms with Crippen molar-refractivity contribution in [2.45, 2.75) is 51.9 Å². The molecule has 1 heteroatoms. The van der Waals surface area contributed by atoms with Gasteiger partial charge in [0, 0.05) is 12.3 Å². The second-order valence-corrected chi connectivity index (χ2v) is 5.80. The second-order valence-electron chi connectivity index (χ2n) is 5.80. The van der Waals surface area contributed by atoms with E-state index in [0.29, 0.717) is 17.6 Å². The Morgan fingerprint density at radius 3 is 2.61 bits per heavy atom.